The second-order valence-corrected chi connectivity index (χ2v) is 9.45. The van der Waals surface area contributed by atoms with Gasteiger partial charge in [0.15, 0.2) is 0 Å². The van der Waals surface area contributed by atoms with Gasteiger partial charge < -0.3 is 15.2 Å². The van der Waals surface area contributed by atoms with Crippen molar-refractivity contribution in [1.82, 2.24) is 20.2 Å². The van der Waals surface area contributed by atoms with Crippen molar-refractivity contribution in [1.29, 1.82) is 0 Å². The number of amides is 1. The van der Waals surface area contributed by atoms with Crippen LogP contribution in [-0.4, -0.2) is 46.7 Å². The molecule has 2 N–H and O–H groups in total. The van der Waals surface area contributed by atoms with E-state index in [1.807, 2.05) is 6.92 Å². The van der Waals surface area contributed by atoms with Gasteiger partial charge in [0, 0.05) is 18.8 Å². The molecule has 2 atom stereocenters. The van der Waals surface area contributed by atoms with Crippen LogP contribution in [0.3, 0.4) is 0 Å². The highest BCUT2D eigenvalue weighted by molar-refractivity contribution is 9.10. The zero-order chi connectivity index (χ0) is 20.1. The first kappa shape index (κ1) is 27.5. The summed E-state index contributed by atoms with van der Waals surface area (Å²) in [5.41, 5.74) is 0.241. The predicted molar refractivity (Wildman–Crippen MR) is 134 cm³/mol. The Kier molecular flexibility index (Phi) is 11.5. The number of carbonyl (C=O) groups is 2. The van der Waals surface area contributed by atoms with E-state index >= 15 is 0 Å². The van der Waals surface area contributed by atoms with Crippen molar-refractivity contribution in [3.05, 3.63) is 16.6 Å². The van der Waals surface area contributed by atoms with E-state index in [1.165, 1.54) is 0 Å². The lowest BCUT2D eigenvalue weighted by Crippen LogP contribution is -2.36. The van der Waals surface area contributed by atoms with Crippen molar-refractivity contribution in [3.63, 3.8) is 0 Å². The lowest BCUT2D eigenvalue weighted by atomic mass is 9.91. The number of carbonyl (C=O) groups excluding carboxylic acids is 2. The van der Waals surface area contributed by atoms with Gasteiger partial charge >= 0.3 is 0 Å². The summed E-state index contributed by atoms with van der Waals surface area (Å²) in [5, 5.41) is 3.27. The molecule has 9 heteroatoms. The maximum atomic E-state index is 12.9. The minimum Gasteiger partial charge on any atom is -0.346 e. The first-order valence-corrected chi connectivity index (χ1v) is 11.4. The summed E-state index contributed by atoms with van der Waals surface area (Å²) < 4.78 is 0.827. The molecule has 2 fully saturated rings. The van der Waals surface area contributed by atoms with E-state index in [1.54, 1.807) is 6.20 Å². The third-order valence-corrected chi connectivity index (χ3v) is 6.95. The van der Waals surface area contributed by atoms with E-state index in [0.29, 0.717) is 18.6 Å². The van der Waals surface area contributed by atoms with E-state index in [-0.39, 0.29) is 50.3 Å². The molecule has 1 saturated carbocycles. The third-order valence-electron chi connectivity index (χ3n) is 6.54. The number of aromatic nitrogens is 2. The van der Waals surface area contributed by atoms with Crippen LogP contribution < -0.4 is 5.32 Å². The zero-order valence-corrected chi connectivity index (χ0v) is 21.7. The molecule has 1 aromatic heterocycles. The van der Waals surface area contributed by atoms with Crippen molar-refractivity contribution in [2.24, 2.45) is 11.3 Å². The van der Waals surface area contributed by atoms with Gasteiger partial charge in [-0.05, 0) is 73.6 Å². The molecule has 172 valence electrons. The van der Waals surface area contributed by atoms with Crippen LogP contribution in [0.25, 0.3) is 0 Å². The van der Waals surface area contributed by atoms with Crippen LogP contribution in [0.1, 0.15) is 76.6 Å². The number of rotatable bonds is 10. The molecule has 1 amide bonds. The van der Waals surface area contributed by atoms with Gasteiger partial charge in [0.1, 0.15) is 16.2 Å². The van der Waals surface area contributed by atoms with Gasteiger partial charge in [-0.2, -0.15) is 27.0 Å². The molecule has 6 nitrogen and oxygen atoms in total. The standard InChI is InChI=1S/C21H33BrN4O2.2H2S/c1-3-15(27)7-5-4-6-8-17(19-23-14-18(22)25-19)24-20(28)16-13-21(16)9-11-26(2)12-10-21;;/h14,16-17H,3-13H2,1-2H3,(H,23,25)(H,24,28);2*1H2/t16-,17+;;/m1../s1. The fraction of sp³-hybridized carbons (Fsp3) is 0.762. The lowest BCUT2D eigenvalue weighted by molar-refractivity contribution is -0.124. The smallest absolute Gasteiger partial charge is 0.224 e. The van der Waals surface area contributed by atoms with Gasteiger partial charge in [-0.3, -0.25) is 9.59 Å². The van der Waals surface area contributed by atoms with Crippen LogP contribution in [-0.2, 0) is 9.59 Å². The number of halogens is 1. The molecule has 1 aromatic rings. The Morgan fingerprint density at radius 1 is 1.30 bits per heavy atom. The second-order valence-electron chi connectivity index (χ2n) is 8.59. The van der Waals surface area contributed by atoms with Gasteiger partial charge in [-0.25, -0.2) is 4.98 Å². The highest BCUT2D eigenvalue weighted by Crippen LogP contribution is 2.59. The maximum absolute atomic E-state index is 12.9. The van der Waals surface area contributed by atoms with Gasteiger partial charge in [-0.15, -0.1) is 0 Å². The van der Waals surface area contributed by atoms with Crippen molar-refractivity contribution in [2.75, 3.05) is 20.1 Å². The second kappa shape index (κ2) is 12.5. The average Bonchev–Trinajstić information content (AvgIpc) is 3.22. The van der Waals surface area contributed by atoms with Gasteiger partial charge in [0.05, 0.1) is 12.2 Å². The average molecular weight is 522 g/mol. The summed E-state index contributed by atoms with van der Waals surface area (Å²) >= 11 is 3.41. The summed E-state index contributed by atoms with van der Waals surface area (Å²) in [6.45, 7) is 4.10. The molecule has 1 spiro atoms. The van der Waals surface area contributed by atoms with Gasteiger partial charge in [0.2, 0.25) is 5.91 Å². The molecule has 0 bridgehead atoms. The number of imidazole rings is 1. The van der Waals surface area contributed by atoms with Crippen molar-refractivity contribution >= 4 is 54.6 Å². The van der Waals surface area contributed by atoms with Crippen LogP contribution in [0.2, 0.25) is 0 Å². The number of hydrogen-bond donors (Lipinski definition) is 2. The van der Waals surface area contributed by atoms with Crippen molar-refractivity contribution < 1.29 is 9.59 Å². The summed E-state index contributed by atoms with van der Waals surface area (Å²) in [7, 11) is 2.16. The van der Waals surface area contributed by atoms with Gasteiger partial charge in [0.25, 0.3) is 0 Å². The van der Waals surface area contributed by atoms with Gasteiger partial charge in [-0.1, -0.05) is 19.8 Å². The molecule has 0 radical (unpaired) electrons. The quantitative estimate of drug-likeness (QED) is 0.452. The van der Waals surface area contributed by atoms with Crippen molar-refractivity contribution in [3.8, 4) is 0 Å². The first-order chi connectivity index (χ1) is 13.4. The highest BCUT2D eigenvalue weighted by atomic mass is 79.9. The molecule has 1 saturated heterocycles. The molecule has 3 rings (SSSR count). The largest absolute Gasteiger partial charge is 0.346 e. The topological polar surface area (TPSA) is 78.1 Å². The molecule has 0 unspecified atom stereocenters. The summed E-state index contributed by atoms with van der Waals surface area (Å²) in [6.07, 6.45) is 10.1. The SMILES string of the molecule is CCC(=O)CCCCC[C@H](NC(=O)[C@H]1CC12CCN(C)CC2)c1ncc(Br)[nH]1.S.S. The summed E-state index contributed by atoms with van der Waals surface area (Å²) in [6, 6.07) is -0.0930. The van der Waals surface area contributed by atoms with Crippen LogP contribution >= 0.6 is 42.9 Å². The van der Waals surface area contributed by atoms with Crippen LogP contribution in [0.5, 0.6) is 0 Å². The van der Waals surface area contributed by atoms with E-state index in [4.69, 9.17) is 0 Å². The summed E-state index contributed by atoms with van der Waals surface area (Å²) in [5.74, 6) is 1.48. The van der Waals surface area contributed by atoms with E-state index in [9.17, 15) is 9.59 Å². The Hall–Kier alpha value is -0.510. The molecule has 0 aromatic carbocycles. The number of Topliss-reactive ketones (excluding diaryl/α,β-unsaturated/α-hetero) is 1. The first-order valence-electron chi connectivity index (χ1n) is 10.6. The number of hydrogen-bond acceptors (Lipinski definition) is 4. The number of nitrogens with zero attached hydrogens (tertiary/aromatic N) is 2. The minimum absolute atomic E-state index is 0. The molecule has 1 aliphatic heterocycles. The Labute approximate surface area is 202 Å². The van der Waals surface area contributed by atoms with E-state index in [2.05, 4.69) is 43.2 Å². The number of aromatic amines is 1. The number of piperidine rings is 1. The number of H-pyrrole nitrogens is 1. The predicted octanol–water partition coefficient (Wildman–Crippen LogP) is 4.22. The molecule has 1 aliphatic carbocycles. The Bertz CT molecular complexity index is 692. The van der Waals surface area contributed by atoms with Crippen LogP contribution in [0.15, 0.2) is 10.8 Å². The highest BCUT2D eigenvalue weighted by Gasteiger charge is 2.58. The van der Waals surface area contributed by atoms with Crippen molar-refractivity contribution in [2.45, 2.75) is 70.8 Å². The normalized spacial score (nSPS) is 20.7. The molecule has 30 heavy (non-hydrogen) atoms. The summed E-state index contributed by atoms with van der Waals surface area (Å²) in [4.78, 5) is 34.4. The molecular weight excluding hydrogens is 484 g/mol. The molecule has 2 heterocycles. The Balaban J connectivity index is 0.00000225. The van der Waals surface area contributed by atoms with E-state index in [0.717, 1.165) is 68.5 Å². The fourth-order valence-corrected chi connectivity index (χ4v) is 4.70. The number of ketones is 1. The maximum Gasteiger partial charge on any atom is 0.224 e. The molecular formula is C21H37BrN4O2S2. The minimum atomic E-state index is -0.0930. The fourth-order valence-electron chi connectivity index (χ4n) is 4.40. The molecule has 2 aliphatic rings. The lowest BCUT2D eigenvalue weighted by Gasteiger charge is -2.30. The number of unbranched alkanes of at least 4 members (excludes halogenated alkanes) is 2. The van der Waals surface area contributed by atoms with E-state index < -0.39 is 0 Å². The van der Waals surface area contributed by atoms with Crippen LogP contribution in [0.4, 0.5) is 0 Å². The third kappa shape index (κ3) is 7.28. The zero-order valence-electron chi connectivity index (χ0n) is 18.1. The number of likely N-dealkylation sites (tertiary alicyclic amines) is 1. The Morgan fingerprint density at radius 2 is 2.00 bits per heavy atom. The monoisotopic (exact) mass is 520 g/mol. The number of nitrogens with one attached hydrogen (secondary N) is 2. The Morgan fingerprint density at radius 3 is 2.60 bits per heavy atom. The van der Waals surface area contributed by atoms with Crippen LogP contribution in [0, 0.1) is 11.3 Å².